The number of amides is 2. The van der Waals surface area contributed by atoms with Gasteiger partial charge in [0, 0.05) is 6.54 Å². The van der Waals surface area contributed by atoms with Crippen molar-refractivity contribution < 1.29 is 19.4 Å². The van der Waals surface area contributed by atoms with Gasteiger partial charge in [-0.15, -0.1) is 0 Å². The molecule has 18 heavy (non-hydrogen) atoms. The molecular formula is C12H16N2O4. The van der Waals surface area contributed by atoms with Crippen LogP contribution < -0.4 is 15.4 Å². The molecule has 1 unspecified atom stereocenters. The van der Waals surface area contributed by atoms with Crippen molar-refractivity contribution in [2.75, 3.05) is 13.2 Å². The first-order valence-corrected chi connectivity index (χ1v) is 5.59. The van der Waals surface area contributed by atoms with Gasteiger partial charge in [0.05, 0.1) is 6.61 Å². The number of aliphatic hydroxyl groups is 1. The Morgan fingerprint density at radius 2 is 2.00 bits per heavy atom. The van der Waals surface area contributed by atoms with Crippen LogP contribution in [0.3, 0.4) is 0 Å². The molecule has 0 aliphatic heterocycles. The number of likely N-dealkylation sites (N-methyl/N-ethyl adjacent to an activating group) is 1. The van der Waals surface area contributed by atoms with Crippen molar-refractivity contribution in [1.82, 2.24) is 10.6 Å². The average molecular weight is 252 g/mol. The maximum atomic E-state index is 11.5. The van der Waals surface area contributed by atoms with Crippen molar-refractivity contribution in [2.24, 2.45) is 0 Å². The molecule has 2 amide bonds. The first-order valence-electron chi connectivity index (χ1n) is 5.59. The Kier molecular flexibility index (Phi) is 5.66. The highest BCUT2D eigenvalue weighted by atomic mass is 16.6. The second-order valence-corrected chi connectivity index (χ2v) is 3.48. The summed E-state index contributed by atoms with van der Waals surface area (Å²) in [7, 11) is 0. The third kappa shape index (κ3) is 4.42. The van der Waals surface area contributed by atoms with Crippen LogP contribution in [0.4, 0.5) is 4.79 Å². The molecule has 0 fully saturated rings. The first kappa shape index (κ1) is 14.0. The Morgan fingerprint density at radius 3 is 2.56 bits per heavy atom. The molecule has 1 aromatic rings. The lowest BCUT2D eigenvalue weighted by Crippen LogP contribution is -2.49. The molecule has 0 saturated carbocycles. The Balaban J connectivity index is 2.50. The number of carbonyl (C=O) groups excluding carboxylic acids is 2. The minimum absolute atomic E-state index is 0.364. The smallest absolute Gasteiger partial charge is 0.410 e. The number of benzene rings is 1. The Morgan fingerprint density at radius 1 is 1.33 bits per heavy atom. The van der Waals surface area contributed by atoms with E-state index in [1.165, 1.54) is 0 Å². The van der Waals surface area contributed by atoms with Crippen LogP contribution in [0.15, 0.2) is 30.3 Å². The van der Waals surface area contributed by atoms with Crippen molar-refractivity contribution >= 4 is 12.0 Å². The molecule has 3 N–H and O–H groups in total. The summed E-state index contributed by atoms with van der Waals surface area (Å²) in [6.07, 6.45) is -0.786. The van der Waals surface area contributed by atoms with Gasteiger partial charge in [-0.2, -0.15) is 0 Å². The molecule has 0 heterocycles. The monoisotopic (exact) mass is 252 g/mol. The van der Waals surface area contributed by atoms with E-state index in [1.54, 1.807) is 37.3 Å². The summed E-state index contributed by atoms with van der Waals surface area (Å²) in [5, 5.41) is 13.8. The van der Waals surface area contributed by atoms with Gasteiger partial charge >= 0.3 is 6.09 Å². The number of hydrogen-bond donors (Lipinski definition) is 3. The van der Waals surface area contributed by atoms with E-state index in [1.807, 2.05) is 0 Å². The van der Waals surface area contributed by atoms with Gasteiger partial charge in [0.1, 0.15) is 11.8 Å². The normalized spacial score (nSPS) is 11.4. The maximum absolute atomic E-state index is 11.5. The van der Waals surface area contributed by atoms with Crippen molar-refractivity contribution in [3.8, 4) is 5.75 Å². The van der Waals surface area contributed by atoms with E-state index in [-0.39, 0.29) is 0 Å². The molecule has 6 heteroatoms. The number of hydrogen-bond acceptors (Lipinski definition) is 4. The van der Waals surface area contributed by atoms with Gasteiger partial charge < -0.3 is 20.5 Å². The van der Waals surface area contributed by atoms with Gasteiger partial charge in [-0.25, -0.2) is 4.79 Å². The van der Waals surface area contributed by atoms with Gasteiger partial charge in [0.25, 0.3) is 0 Å². The second-order valence-electron chi connectivity index (χ2n) is 3.48. The molecule has 6 nitrogen and oxygen atoms in total. The third-order valence-corrected chi connectivity index (χ3v) is 2.10. The number of aliphatic hydroxyl groups excluding tert-OH is 1. The number of carbonyl (C=O) groups is 2. The zero-order valence-electron chi connectivity index (χ0n) is 10.1. The Hall–Kier alpha value is -2.08. The molecule has 0 saturated heterocycles. The molecule has 0 aliphatic rings. The molecule has 0 aliphatic carbocycles. The van der Waals surface area contributed by atoms with Crippen LogP contribution in [-0.2, 0) is 4.79 Å². The third-order valence-electron chi connectivity index (χ3n) is 2.10. The van der Waals surface area contributed by atoms with Crippen LogP contribution in [0.25, 0.3) is 0 Å². The lowest BCUT2D eigenvalue weighted by Gasteiger charge is -2.15. The molecule has 0 bridgehead atoms. The topological polar surface area (TPSA) is 87.7 Å². The molecule has 98 valence electrons. The summed E-state index contributed by atoms with van der Waals surface area (Å²) in [6.45, 7) is 1.68. The number of ether oxygens (including phenoxy) is 1. The minimum atomic E-state index is -1.01. The quantitative estimate of drug-likeness (QED) is 0.702. The fourth-order valence-corrected chi connectivity index (χ4v) is 1.26. The van der Waals surface area contributed by atoms with E-state index in [2.05, 4.69) is 10.6 Å². The van der Waals surface area contributed by atoms with E-state index in [0.29, 0.717) is 12.3 Å². The van der Waals surface area contributed by atoms with Crippen molar-refractivity contribution in [1.29, 1.82) is 0 Å². The molecular weight excluding hydrogens is 236 g/mol. The summed E-state index contributed by atoms with van der Waals surface area (Å²) >= 11 is 0. The molecule has 1 atom stereocenters. The highest BCUT2D eigenvalue weighted by Crippen LogP contribution is 2.08. The minimum Gasteiger partial charge on any atom is -0.410 e. The molecule has 1 aromatic carbocycles. The summed E-state index contributed by atoms with van der Waals surface area (Å²) < 4.78 is 4.93. The molecule has 0 radical (unpaired) electrons. The first-order chi connectivity index (χ1) is 8.67. The van der Waals surface area contributed by atoms with Gasteiger partial charge in [-0.05, 0) is 19.1 Å². The highest BCUT2D eigenvalue weighted by Gasteiger charge is 2.19. The number of rotatable bonds is 5. The van der Waals surface area contributed by atoms with Crippen molar-refractivity contribution in [3.05, 3.63) is 30.3 Å². The summed E-state index contributed by atoms with van der Waals surface area (Å²) in [5.41, 5.74) is 0. The van der Waals surface area contributed by atoms with E-state index >= 15 is 0 Å². The molecule has 1 rings (SSSR count). The largest absolute Gasteiger partial charge is 0.413 e. The summed E-state index contributed by atoms with van der Waals surface area (Å²) in [5.74, 6) is -0.0902. The Labute approximate surface area is 105 Å². The van der Waals surface area contributed by atoms with Crippen LogP contribution in [-0.4, -0.2) is 36.3 Å². The SMILES string of the molecule is CCNC(=O)C(CO)NC(=O)Oc1ccccc1. The van der Waals surface area contributed by atoms with Crippen LogP contribution in [0.2, 0.25) is 0 Å². The fourth-order valence-electron chi connectivity index (χ4n) is 1.26. The predicted molar refractivity (Wildman–Crippen MR) is 65.2 cm³/mol. The van der Waals surface area contributed by atoms with E-state index in [4.69, 9.17) is 9.84 Å². The van der Waals surface area contributed by atoms with Gasteiger partial charge in [0.2, 0.25) is 5.91 Å². The number of para-hydroxylation sites is 1. The predicted octanol–water partition coefficient (Wildman–Crippen LogP) is 0.272. The second kappa shape index (κ2) is 7.29. The van der Waals surface area contributed by atoms with E-state index < -0.39 is 24.6 Å². The van der Waals surface area contributed by atoms with Crippen LogP contribution in [0, 0.1) is 0 Å². The maximum Gasteiger partial charge on any atom is 0.413 e. The zero-order chi connectivity index (χ0) is 13.4. The lowest BCUT2D eigenvalue weighted by atomic mass is 10.3. The highest BCUT2D eigenvalue weighted by molar-refractivity contribution is 5.86. The van der Waals surface area contributed by atoms with Crippen molar-refractivity contribution in [2.45, 2.75) is 13.0 Å². The standard InChI is InChI=1S/C12H16N2O4/c1-2-13-11(16)10(8-15)14-12(17)18-9-6-4-3-5-7-9/h3-7,10,15H,2,8H2,1H3,(H,13,16)(H,14,17). The summed E-state index contributed by atoms with van der Waals surface area (Å²) in [6, 6.07) is 7.43. The lowest BCUT2D eigenvalue weighted by molar-refractivity contribution is -0.123. The number of nitrogens with one attached hydrogen (secondary N) is 2. The van der Waals surface area contributed by atoms with Gasteiger partial charge in [-0.1, -0.05) is 18.2 Å². The van der Waals surface area contributed by atoms with Gasteiger partial charge in [0.15, 0.2) is 0 Å². The Bertz CT molecular complexity index is 394. The average Bonchev–Trinajstić information content (AvgIpc) is 2.37. The van der Waals surface area contributed by atoms with Crippen LogP contribution >= 0.6 is 0 Å². The zero-order valence-corrected chi connectivity index (χ0v) is 10.1. The van der Waals surface area contributed by atoms with Gasteiger partial charge in [-0.3, -0.25) is 4.79 Å². The van der Waals surface area contributed by atoms with Crippen LogP contribution in [0.1, 0.15) is 6.92 Å². The van der Waals surface area contributed by atoms with E-state index in [9.17, 15) is 9.59 Å². The molecule has 0 aromatic heterocycles. The van der Waals surface area contributed by atoms with E-state index in [0.717, 1.165) is 0 Å². The van der Waals surface area contributed by atoms with Crippen molar-refractivity contribution in [3.63, 3.8) is 0 Å². The molecule has 0 spiro atoms. The fraction of sp³-hybridized carbons (Fsp3) is 0.333. The summed E-state index contributed by atoms with van der Waals surface area (Å²) in [4.78, 5) is 22.9. The van der Waals surface area contributed by atoms with Crippen LogP contribution in [0.5, 0.6) is 5.75 Å².